The van der Waals surface area contributed by atoms with E-state index in [2.05, 4.69) is 25.9 Å². The lowest BCUT2D eigenvalue weighted by atomic mass is 10.0. The summed E-state index contributed by atoms with van der Waals surface area (Å²) in [5.41, 5.74) is 18.4. The number of aliphatic carboxylic acids is 2. The Hall–Kier alpha value is -4.31. The predicted molar refractivity (Wildman–Crippen MR) is 163 cm³/mol. The van der Waals surface area contributed by atoms with E-state index < -0.39 is 60.2 Å². The quantitative estimate of drug-likeness (QED) is 0.0535. The number of amides is 3. The SMILES string of the molecule is CSCCC(NC(=O)C(CCC(=O)O)NC(=O)C(N)Cc1c[nH]c2ccccc12)C(=O)NC(CCCN=C(N)N)C(=O)O. The van der Waals surface area contributed by atoms with E-state index in [0.717, 1.165) is 16.5 Å². The number of carbonyl (C=O) groups is 5. The van der Waals surface area contributed by atoms with Crippen molar-refractivity contribution in [2.24, 2.45) is 22.2 Å². The molecule has 2 aromatic rings. The van der Waals surface area contributed by atoms with E-state index in [9.17, 15) is 34.2 Å². The average molecular weight is 621 g/mol. The van der Waals surface area contributed by atoms with Gasteiger partial charge in [-0.3, -0.25) is 24.2 Å². The molecule has 1 aromatic carbocycles. The second kappa shape index (κ2) is 17.6. The molecule has 4 unspecified atom stereocenters. The summed E-state index contributed by atoms with van der Waals surface area (Å²) in [6.45, 7) is 0.169. The summed E-state index contributed by atoms with van der Waals surface area (Å²) < 4.78 is 0. The lowest BCUT2D eigenvalue weighted by molar-refractivity contribution is -0.142. The van der Waals surface area contributed by atoms with Crippen LogP contribution in [-0.4, -0.2) is 93.5 Å². The van der Waals surface area contributed by atoms with Crippen molar-refractivity contribution in [3.63, 3.8) is 0 Å². The number of hydrogen-bond acceptors (Lipinski definition) is 8. The molecule has 236 valence electrons. The van der Waals surface area contributed by atoms with Crippen LogP contribution in [0.5, 0.6) is 0 Å². The number of carbonyl (C=O) groups excluding carboxylic acids is 3. The monoisotopic (exact) mass is 620 g/mol. The zero-order chi connectivity index (χ0) is 31.9. The Labute approximate surface area is 252 Å². The minimum absolute atomic E-state index is 0.0344. The second-order valence-electron chi connectivity index (χ2n) is 9.85. The maximum absolute atomic E-state index is 13.3. The van der Waals surface area contributed by atoms with Crippen molar-refractivity contribution in [2.45, 2.75) is 62.7 Å². The number of fused-ring (bicyclic) bond motifs is 1. The number of benzene rings is 1. The molecule has 0 saturated heterocycles. The molecule has 16 heteroatoms. The first-order chi connectivity index (χ1) is 20.4. The molecular weight excluding hydrogens is 580 g/mol. The number of aromatic nitrogens is 1. The van der Waals surface area contributed by atoms with E-state index in [-0.39, 0.29) is 44.6 Å². The van der Waals surface area contributed by atoms with Gasteiger partial charge in [0.25, 0.3) is 0 Å². The van der Waals surface area contributed by atoms with Crippen molar-refractivity contribution in [1.82, 2.24) is 20.9 Å². The molecule has 1 heterocycles. The molecule has 0 aliphatic rings. The average Bonchev–Trinajstić information content (AvgIpc) is 3.36. The highest BCUT2D eigenvalue weighted by Crippen LogP contribution is 2.19. The van der Waals surface area contributed by atoms with Crippen LogP contribution in [-0.2, 0) is 30.4 Å². The first-order valence-corrected chi connectivity index (χ1v) is 15.0. The van der Waals surface area contributed by atoms with Crippen molar-refractivity contribution < 1.29 is 34.2 Å². The Bertz CT molecular complexity index is 1300. The summed E-state index contributed by atoms with van der Waals surface area (Å²) in [6.07, 6.45) is 3.46. The van der Waals surface area contributed by atoms with Crippen LogP contribution in [0.25, 0.3) is 10.9 Å². The number of thioether (sulfide) groups is 1. The van der Waals surface area contributed by atoms with Crippen LogP contribution in [0.15, 0.2) is 35.5 Å². The highest BCUT2D eigenvalue weighted by Gasteiger charge is 2.30. The molecule has 0 aliphatic heterocycles. The van der Waals surface area contributed by atoms with E-state index in [1.807, 2.05) is 24.3 Å². The van der Waals surface area contributed by atoms with E-state index >= 15 is 0 Å². The minimum atomic E-state index is -1.31. The zero-order valence-corrected chi connectivity index (χ0v) is 24.7. The number of carboxylic acids is 2. The van der Waals surface area contributed by atoms with Crippen molar-refractivity contribution in [3.05, 3.63) is 36.0 Å². The molecule has 2 rings (SSSR count). The Morgan fingerprint density at radius 2 is 1.56 bits per heavy atom. The second-order valence-corrected chi connectivity index (χ2v) is 10.8. The van der Waals surface area contributed by atoms with Crippen LogP contribution in [0.3, 0.4) is 0 Å². The standard InChI is InChI=1S/C27H40N8O7S/c1-43-12-10-20(25(40)35-21(26(41)42)7-4-11-31-27(29)30)34-24(39)19(8-9-22(36)37)33-23(38)17(28)13-15-14-32-18-6-3-2-5-16(15)18/h2-3,5-6,14,17,19-21,32H,4,7-13,28H2,1H3,(H,33,38)(H,34,39)(H,35,40)(H,36,37)(H,41,42)(H4,29,30,31). The van der Waals surface area contributed by atoms with Gasteiger partial charge in [-0.25, -0.2) is 4.79 Å². The third-order valence-electron chi connectivity index (χ3n) is 6.53. The fraction of sp³-hybridized carbons (Fsp3) is 0.481. The van der Waals surface area contributed by atoms with Gasteiger partial charge in [-0.1, -0.05) is 18.2 Å². The number of carboxylic acid groups (broad SMARTS) is 2. The predicted octanol–water partition coefficient (Wildman–Crippen LogP) is -0.752. The molecule has 43 heavy (non-hydrogen) atoms. The van der Waals surface area contributed by atoms with E-state index in [1.54, 1.807) is 12.5 Å². The Morgan fingerprint density at radius 3 is 2.19 bits per heavy atom. The number of nitrogens with two attached hydrogens (primary N) is 3. The van der Waals surface area contributed by atoms with Gasteiger partial charge in [0.05, 0.1) is 6.04 Å². The summed E-state index contributed by atoms with van der Waals surface area (Å²) in [4.78, 5) is 69.2. The largest absolute Gasteiger partial charge is 0.481 e. The number of nitrogens with one attached hydrogen (secondary N) is 4. The third kappa shape index (κ3) is 11.8. The van der Waals surface area contributed by atoms with Gasteiger partial charge in [0.2, 0.25) is 17.7 Å². The molecule has 0 saturated carbocycles. The van der Waals surface area contributed by atoms with Gasteiger partial charge < -0.3 is 48.3 Å². The first-order valence-electron chi connectivity index (χ1n) is 13.6. The molecule has 0 bridgehead atoms. The number of aromatic amines is 1. The fourth-order valence-electron chi connectivity index (χ4n) is 4.26. The number of aliphatic imine (C=N–C) groups is 1. The van der Waals surface area contributed by atoms with E-state index in [4.69, 9.17) is 17.2 Å². The van der Waals surface area contributed by atoms with Crippen LogP contribution in [0.2, 0.25) is 0 Å². The normalized spacial score (nSPS) is 13.7. The van der Waals surface area contributed by atoms with Crippen molar-refractivity contribution >= 4 is 58.3 Å². The molecule has 3 amide bonds. The molecule has 15 nitrogen and oxygen atoms in total. The number of para-hydroxylation sites is 1. The summed E-state index contributed by atoms with van der Waals surface area (Å²) in [5, 5.41) is 27.2. The number of H-pyrrole nitrogens is 1. The summed E-state index contributed by atoms with van der Waals surface area (Å²) in [6, 6.07) is 2.71. The zero-order valence-electron chi connectivity index (χ0n) is 23.9. The van der Waals surface area contributed by atoms with Crippen LogP contribution in [0, 0.1) is 0 Å². The van der Waals surface area contributed by atoms with Gasteiger partial charge in [0.15, 0.2) is 5.96 Å². The van der Waals surface area contributed by atoms with Gasteiger partial charge in [-0.15, -0.1) is 0 Å². The van der Waals surface area contributed by atoms with Crippen LogP contribution in [0.4, 0.5) is 0 Å². The maximum Gasteiger partial charge on any atom is 0.326 e. The Kier molecular flexibility index (Phi) is 14.3. The number of rotatable bonds is 19. The van der Waals surface area contributed by atoms with Crippen molar-refractivity contribution in [1.29, 1.82) is 0 Å². The van der Waals surface area contributed by atoms with Crippen LogP contribution in [0.1, 0.15) is 37.7 Å². The topological polar surface area (TPSA) is 268 Å². The van der Waals surface area contributed by atoms with Gasteiger partial charge >= 0.3 is 11.9 Å². The lowest BCUT2D eigenvalue weighted by Crippen LogP contribution is -2.57. The van der Waals surface area contributed by atoms with Crippen LogP contribution < -0.4 is 33.2 Å². The first kappa shape index (κ1) is 34.9. The van der Waals surface area contributed by atoms with Gasteiger partial charge in [0.1, 0.15) is 18.1 Å². The summed E-state index contributed by atoms with van der Waals surface area (Å²) in [7, 11) is 0. The molecule has 0 spiro atoms. The van der Waals surface area contributed by atoms with Gasteiger partial charge in [-0.05, 0) is 55.7 Å². The fourth-order valence-corrected chi connectivity index (χ4v) is 4.73. The van der Waals surface area contributed by atoms with Gasteiger partial charge in [0, 0.05) is 30.1 Å². The molecule has 0 fully saturated rings. The van der Waals surface area contributed by atoms with E-state index in [1.165, 1.54) is 11.8 Å². The maximum atomic E-state index is 13.3. The van der Waals surface area contributed by atoms with Gasteiger partial charge in [-0.2, -0.15) is 11.8 Å². The molecule has 1 aromatic heterocycles. The highest BCUT2D eigenvalue weighted by atomic mass is 32.2. The molecule has 12 N–H and O–H groups in total. The number of nitrogens with zero attached hydrogens (tertiary/aromatic N) is 1. The Balaban J connectivity index is 2.11. The highest BCUT2D eigenvalue weighted by molar-refractivity contribution is 7.98. The Morgan fingerprint density at radius 1 is 0.930 bits per heavy atom. The summed E-state index contributed by atoms with van der Waals surface area (Å²) >= 11 is 1.41. The van der Waals surface area contributed by atoms with Crippen molar-refractivity contribution in [3.8, 4) is 0 Å². The summed E-state index contributed by atoms with van der Waals surface area (Å²) in [5.74, 6) is -4.36. The molecular formula is C27H40N8O7S. The molecule has 0 aliphatic carbocycles. The molecule has 4 atom stereocenters. The van der Waals surface area contributed by atoms with Crippen LogP contribution >= 0.6 is 11.8 Å². The third-order valence-corrected chi connectivity index (χ3v) is 7.18. The number of hydrogen-bond donors (Lipinski definition) is 9. The number of guanidine groups is 1. The van der Waals surface area contributed by atoms with E-state index in [0.29, 0.717) is 5.75 Å². The lowest BCUT2D eigenvalue weighted by Gasteiger charge is -2.25. The smallest absolute Gasteiger partial charge is 0.326 e. The van der Waals surface area contributed by atoms with Crippen molar-refractivity contribution in [2.75, 3.05) is 18.6 Å². The molecule has 0 radical (unpaired) electrons. The minimum Gasteiger partial charge on any atom is -0.481 e.